The van der Waals surface area contributed by atoms with Crippen molar-refractivity contribution in [3.8, 4) is 0 Å². The lowest BCUT2D eigenvalue weighted by Gasteiger charge is -2.26. The molecule has 0 fully saturated rings. The van der Waals surface area contributed by atoms with Gasteiger partial charge in [-0.3, -0.25) is 19.2 Å². The van der Waals surface area contributed by atoms with Crippen LogP contribution in [0.25, 0.3) is 0 Å². The Morgan fingerprint density at radius 1 is 0.875 bits per heavy atom. The Bertz CT molecular complexity index is 674. The number of carbonyl (C=O) groups excluding carboxylic acids is 3. The number of aliphatic hydroxyl groups is 1. The first-order chi connectivity index (χ1) is 14.8. The van der Waals surface area contributed by atoms with Crippen molar-refractivity contribution < 1.29 is 39.3 Å². The van der Waals surface area contributed by atoms with Crippen LogP contribution in [0.1, 0.15) is 40.0 Å². The standard InChI is InChI=1S/C19H34N4O8S/c1-9(2)14(20)18(29)22-12(7-8-32-4)16(27)21-11(5-6-13(25)26)17(28)23-15(10(3)24)19(30)31/h9-12,14-15,24H,5-8,20H2,1-4H3,(H,21,27)(H,22,29)(H,23,28)(H,25,26)(H,30,31). The van der Waals surface area contributed by atoms with Gasteiger partial charge in [0.25, 0.3) is 0 Å². The van der Waals surface area contributed by atoms with E-state index in [-0.39, 0.29) is 18.8 Å². The normalized spacial score (nSPS) is 15.7. The molecular formula is C19H34N4O8S. The van der Waals surface area contributed by atoms with Gasteiger partial charge in [0.1, 0.15) is 12.1 Å². The van der Waals surface area contributed by atoms with Gasteiger partial charge < -0.3 is 37.0 Å². The van der Waals surface area contributed by atoms with Crippen molar-refractivity contribution in [2.45, 2.75) is 70.3 Å². The van der Waals surface area contributed by atoms with Gasteiger partial charge in [-0.25, -0.2) is 4.79 Å². The SMILES string of the molecule is CSCCC(NC(=O)C(N)C(C)C)C(=O)NC(CCC(=O)O)C(=O)NC(C(=O)O)C(C)O. The predicted molar refractivity (Wildman–Crippen MR) is 118 cm³/mol. The summed E-state index contributed by atoms with van der Waals surface area (Å²) >= 11 is 1.43. The van der Waals surface area contributed by atoms with E-state index in [9.17, 15) is 29.1 Å². The highest BCUT2D eigenvalue weighted by atomic mass is 32.2. The first-order valence-electron chi connectivity index (χ1n) is 10.1. The van der Waals surface area contributed by atoms with Crippen LogP contribution in [0.3, 0.4) is 0 Å². The second-order valence-electron chi connectivity index (χ2n) is 7.67. The fourth-order valence-corrected chi connectivity index (χ4v) is 3.00. The number of nitrogens with two attached hydrogens (primary N) is 1. The summed E-state index contributed by atoms with van der Waals surface area (Å²) < 4.78 is 0. The minimum absolute atomic E-state index is 0.179. The lowest BCUT2D eigenvalue weighted by Crippen LogP contribution is -2.58. The van der Waals surface area contributed by atoms with Crippen LogP contribution < -0.4 is 21.7 Å². The molecule has 0 aromatic rings. The van der Waals surface area contributed by atoms with Gasteiger partial charge in [0, 0.05) is 6.42 Å². The number of aliphatic carboxylic acids is 2. The van der Waals surface area contributed by atoms with E-state index in [1.807, 2.05) is 6.26 Å². The summed E-state index contributed by atoms with van der Waals surface area (Å²) in [5.41, 5.74) is 5.82. The summed E-state index contributed by atoms with van der Waals surface area (Å²) in [5.74, 6) is -4.65. The summed E-state index contributed by atoms with van der Waals surface area (Å²) in [6.45, 7) is 4.65. The lowest BCUT2D eigenvalue weighted by atomic mass is 10.0. The van der Waals surface area contributed by atoms with Gasteiger partial charge in [0.15, 0.2) is 6.04 Å². The van der Waals surface area contributed by atoms with Crippen LogP contribution in [0, 0.1) is 5.92 Å². The summed E-state index contributed by atoms with van der Waals surface area (Å²) in [4.78, 5) is 59.9. The van der Waals surface area contributed by atoms with Gasteiger partial charge in [0.05, 0.1) is 12.1 Å². The molecule has 12 nitrogen and oxygen atoms in total. The van der Waals surface area contributed by atoms with E-state index in [0.717, 1.165) is 6.92 Å². The Labute approximate surface area is 191 Å². The molecule has 0 saturated carbocycles. The molecule has 5 atom stereocenters. The van der Waals surface area contributed by atoms with E-state index in [0.29, 0.717) is 5.75 Å². The molecule has 0 radical (unpaired) electrons. The minimum Gasteiger partial charge on any atom is -0.481 e. The van der Waals surface area contributed by atoms with Crippen LogP contribution in [0.4, 0.5) is 0 Å². The number of hydrogen-bond acceptors (Lipinski definition) is 8. The Morgan fingerprint density at radius 3 is 1.81 bits per heavy atom. The molecule has 0 aromatic carbocycles. The predicted octanol–water partition coefficient (Wildman–Crippen LogP) is -1.49. The average Bonchev–Trinajstić information content (AvgIpc) is 2.70. The molecule has 0 saturated heterocycles. The molecule has 0 aromatic heterocycles. The average molecular weight is 479 g/mol. The van der Waals surface area contributed by atoms with Crippen LogP contribution in [0.15, 0.2) is 0 Å². The number of amides is 3. The number of carbonyl (C=O) groups is 5. The monoisotopic (exact) mass is 478 g/mol. The molecule has 5 unspecified atom stereocenters. The molecule has 184 valence electrons. The fourth-order valence-electron chi connectivity index (χ4n) is 2.53. The zero-order chi connectivity index (χ0) is 25.0. The molecule has 8 N–H and O–H groups in total. The third kappa shape index (κ3) is 10.8. The van der Waals surface area contributed by atoms with Crippen molar-refractivity contribution in [2.75, 3.05) is 12.0 Å². The van der Waals surface area contributed by atoms with Crippen LogP contribution in [-0.4, -0.2) is 87.3 Å². The number of carboxylic acid groups (broad SMARTS) is 2. The largest absolute Gasteiger partial charge is 0.481 e. The molecule has 0 aliphatic carbocycles. The summed E-state index contributed by atoms with van der Waals surface area (Å²) in [6.07, 6.45) is -0.207. The van der Waals surface area contributed by atoms with Crippen molar-refractivity contribution in [3.05, 3.63) is 0 Å². The molecule has 0 spiro atoms. The van der Waals surface area contributed by atoms with E-state index >= 15 is 0 Å². The van der Waals surface area contributed by atoms with Gasteiger partial charge in [0.2, 0.25) is 17.7 Å². The smallest absolute Gasteiger partial charge is 0.328 e. The van der Waals surface area contributed by atoms with E-state index in [4.69, 9.17) is 15.9 Å². The maximum atomic E-state index is 12.8. The molecule has 0 aliphatic rings. The number of aliphatic hydroxyl groups excluding tert-OH is 1. The Morgan fingerprint density at radius 2 is 1.38 bits per heavy atom. The highest BCUT2D eigenvalue weighted by molar-refractivity contribution is 7.98. The number of nitrogens with one attached hydrogen (secondary N) is 3. The van der Waals surface area contributed by atoms with E-state index in [1.165, 1.54) is 11.8 Å². The van der Waals surface area contributed by atoms with Crippen LogP contribution in [0.2, 0.25) is 0 Å². The third-order valence-electron chi connectivity index (χ3n) is 4.59. The Balaban J connectivity index is 5.53. The quantitative estimate of drug-likeness (QED) is 0.145. The van der Waals surface area contributed by atoms with Crippen LogP contribution in [-0.2, 0) is 24.0 Å². The number of hydrogen-bond donors (Lipinski definition) is 7. The molecule has 13 heteroatoms. The van der Waals surface area contributed by atoms with Gasteiger partial charge in [-0.2, -0.15) is 11.8 Å². The fraction of sp³-hybridized carbons (Fsp3) is 0.737. The number of carboxylic acids is 2. The van der Waals surface area contributed by atoms with Crippen molar-refractivity contribution in [3.63, 3.8) is 0 Å². The van der Waals surface area contributed by atoms with E-state index in [2.05, 4.69) is 16.0 Å². The third-order valence-corrected chi connectivity index (χ3v) is 5.23. The molecule has 0 aliphatic heterocycles. The second-order valence-corrected chi connectivity index (χ2v) is 8.66. The van der Waals surface area contributed by atoms with E-state index < -0.39 is 66.4 Å². The Hall–Kier alpha value is -2.38. The summed E-state index contributed by atoms with van der Waals surface area (Å²) in [7, 11) is 0. The molecule has 0 bridgehead atoms. The molecule has 0 rings (SSSR count). The minimum atomic E-state index is -1.65. The zero-order valence-electron chi connectivity index (χ0n) is 18.7. The van der Waals surface area contributed by atoms with Crippen molar-refractivity contribution in [2.24, 2.45) is 11.7 Å². The van der Waals surface area contributed by atoms with Gasteiger partial charge in [-0.05, 0) is 37.7 Å². The van der Waals surface area contributed by atoms with Crippen LogP contribution >= 0.6 is 11.8 Å². The molecule has 3 amide bonds. The molecular weight excluding hydrogens is 444 g/mol. The van der Waals surface area contributed by atoms with Crippen molar-refractivity contribution in [1.29, 1.82) is 0 Å². The first kappa shape index (κ1) is 29.6. The van der Waals surface area contributed by atoms with Crippen molar-refractivity contribution >= 4 is 41.4 Å². The van der Waals surface area contributed by atoms with E-state index in [1.54, 1.807) is 13.8 Å². The van der Waals surface area contributed by atoms with Crippen molar-refractivity contribution in [1.82, 2.24) is 16.0 Å². The highest BCUT2D eigenvalue weighted by Crippen LogP contribution is 2.07. The highest BCUT2D eigenvalue weighted by Gasteiger charge is 2.32. The van der Waals surface area contributed by atoms with Gasteiger partial charge in [-0.1, -0.05) is 13.8 Å². The summed E-state index contributed by atoms with van der Waals surface area (Å²) in [5, 5.41) is 34.7. The lowest BCUT2D eigenvalue weighted by molar-refractivity contribution is -0.145. The second kappa shape index (κ2) is 14.6. The van der Waals surface area contributed by atoms with Gasteiger partial charge in [-0.15, -0.1) is 0 Å². The van der Waals surface area contributed by atoms with Crippen LogP contribution in [0.5, 0.6) is 0 Å². The molecule has 0 heterocycles. The number of thioether (sulfide) groups is 1. The Kier molecular flexibility index (Phi) is 13.5. The first-order valence-corrected chi connectivity index (χ1v) is 11.5. The molecule has 32 heavy (non-hydrogen) atoms. The maximum absolute atomic E-state index is 12.8. The maximum Gasteiger partial charge on any atom is 0.328 e. The van der Waals surface area contributed by atoms with Gasteiger partial charge >= 0.3 is 11.9 Å². The zero-order valence-corrected chi connectivity index (χ0v) is 19.5. The number of rotatable bonds is 15. The topological polar surface area (TPSA) is 208 Å². The summed E-state index contributed by atoms with van der Waals surface area (Å²) in [6, 6.07) is -4.94.